The topological polar surface area (TPSA) is 73.6 Å². The second kappa shape index (κ2) is 6.60. The fourth-order valence-electron chi connectivity index (χ4n) is 2.51. The van der Waals surface area contributed by atoms with E-state index in [2.05, 4.69) is 4.99 Å². The zero-order valence-corrected chi connectivity index (χ0v) is 13.2. The van der Waals surface area contributed by atoms with Crippen LogP contribution < -0.4 is 16.2 Å². The maximum atomic E-state index is 6.56. The Morgan fingerprint density at radius 1 is 1.29 bits per heavy atom. The predicted molar refractivity (Wildman–Crippen MR) is 87.7 cm³/mol. The van der Waals surface area contributed by atoms with Crippen molar-refractivity contribution in [2.75, 3.05) is 5.88 Å². The van der Waals surface area contributed by atoms with Crippen molar-refractivity contribution < 1.29 is 4.74 Å². The molecule has 0 aromatic heterocycles. The third kappa shape index (κ3) is 3.28. The SMILES string of the molecule is CC1=C(C)C(N)(CCCCl)C(N)C(Oc2ccccc2)=N1. The lowest BCUT2D eigenvalue weighted by molar-refractivity contribution is 0.377. The van der Waals surface area contributed by atoms with E-state index in [-0.39, 0.29) is 0 Å². The van der Waals surface area contributed by atoms with Gasteiger partial charge in [0.2, 0.25) is 5.90 Å². The molecule has 0 bridgehead atoms. The summed E-state index contributed by atoms with van der Waals surface area (Å²) in [6.45, 7) is 3.91. The summed E-state index contributed by atoms with van der Waals surface area (Å²) in [5.74, 6) is 1.73. The number of hydrogen-bond acceptors (Lipinski definition) is 4. The Kier molecular flexibility index (Phi) is 5.04. The molecule has 0 saturated heterocycles. The molecule has 0 amide bonds. The van der Waals surface area contributed by atoms with Crippen LogP contribution in [0, 0.1) is 0 Å². The molecule has 1 heterocycles. The lowest BCUT2D eigenvalue weighted by atomic mass is 9.78. The molecule has 114 valence electrons. The van der Waals surface area contributed by atoms with E-state index >= 15 is 0 Å². The second-order valence-corrected chi connectivity index (χ2v) is 5.76. The van der Waals surface area contributed by atoms with Crippen LogP contribution in [0.15, 0.2) is 46.6 Å². The number of nitrogens with two attached hydrogens (primary N) is 2. The van der Waals surface area contributed by atoms with Crippen LogP contribution in [0.1, 0.15) is 26.7 Å². The van der Waals surface area contributed by atoms with Gasteiger partial charge >= 0.3 is 0 Å². The van der Waals surface area contributed by atoms with E-state index in [4.69, 9.17) is 27.8 Å². The third-order valence-electron chi connectivity index (χ3n) is 4.03. The molecule has 2 unspecified atom stereocenters. The number of halogens is 1. The number of aliphatic imine (C=N–C) groups is 1. The molecule has 21 heavy (non-hydrogen) atoms. The van der Waals surface area contributed by atoms with Crippen LogP contribution in [0.3, 0.4) is 0 Å². The van der Waals surface area contributed by atoms with Gasteiger partial charge in [0.1, 0.15) is 11.8 Å². The minimum atomic E-state index is -0.662. The summed E-state index contributed by atoms with van der Waals surface area (Å²) in [4.78, 5) is 4.48. The number of alkyl halides is 1. The zero-order chi connectivity index (χ0) is 15.5. The molecule has 1 aromatic rings. The van der Waals surface area contributed by atoms with E-state index in [1.807, 2.05) is 44.2 Å². The van der Waals surface area contributed by atoms with Crippen molar-refractivity contribution in [1.82, 2.24) is 0 Å². The summed E-state index contributed by atoms with van der Waals surface area (Å²) in [5.41, 5.74) is 14.1. The highest BCUT2D eigenvalue weighted by molar-refractivity contribution is 6.17. The molecule has 4 N–H and O–H groups in total. The number of hydrogen-bond donors (Lipinski definition) is 2. The Bertz CT molecular complexity index is 556. The highest BCUT2D eigenvalue weighted by Gasteiger charge is 2.41. The van der Waals surface area contributed by atoms with Crippen molar-refractivity contribution in [3.8, 4) is 5.75 Å². The number of ether oxygens (including phenoxy) is 1. The van der Waals surface area contributed by atoms with E-state index in [9.17, 15) is 0 Å². The number of nitrogens with zero attached hydrogens (tertiary/aromatic N) is 1. The fourth-order valence-corrected chi connectivity index (χ4v) is 2.64. The molecule has 0 spiro atoms. The van der Waals surface area contributed by atoms with E-state index < -0.39 is 11.6 Å². The Balaban J connectivity index is 2.29. The Morgan fingerprint density at radius 2 is 1.95 bits per heavy atom. The maximum Gasteiger partial charge on any atom is 0.214 e. The molecular formula is C16H22ClN3O. The Labute approximate surface area is 130 Å². The van der Waals surface area contributed by atoms with Crippen LogP contribution in [0.4, 0.5) is 0 Å². The van der Waals surface area contributed by atoms with Crippen LogP contribution in [0.5, 0.6) is 5.75 Å². The van der Waals surface area contributed by atoms with Crippen molar-refractivity contribution in [3.63, 3.8) is 0 Å². The van der Waals surface area contributed by atoms with Crippen LogP contribution in [-0.4, -0.2) is 23.4 Å². The van der Waals surface area contributed by atoms with Crippen molar-refractivity contribution in [3.05, 3.63) is 41.6 Å². The van der Waals surface area contributed by atoms with Gasteiger partial charge in [-0.15, -0.1) is 11.6 Å². The van der Waals surface area contributed by atoms with Crippen LogP contribution in [0.2, 0.25) is 0 Å². The normalized spacial score (nSPS) is 25.8. The summed E-state index contributed by atoms with van der Waals surface area (Å²) >= 11 is 5.81. The smallest absolute Gasteiger partial charge is 0.214 e. The molecule has 0 radical (unpaired) electrons. The van der Waals surface area contributed by atoms with Gasteiger partial charge in [0.05, 0.1) is 5.54 Å². The number of para-hydroxylation sites is 1. The van der Waals surface area contributed by atoms with Gasteiger partial charge in [-0.3, -0.25) is 0 Å². The first-order valence-corrected chi connectivity index (χ1v) is 7.62. The van der Waals surface area contributed by atoms with Gasteiger partial charge in [0.25, 0.3) is 0 Å². The van der Waals surface area contributed by atoms with Gasteiger partial charge in [-0.1, -0.05) is 18.2 Å². The quantitative estimate of drug-likeness (QED) is 0.840. The summed E-state index contributed by atoms with van der Waals surface area (Å²) in [7, 11) is 0. The number of rotatable bonds is 4. The van der Waals surface area contributed by atoms with Crippen molar-refractivity contribution in [1.29, 1.82) is 0 Å². The third-order valence-corrected chi connectivity index (χ3v) is 4.30. The van der Waals surface area contributed by atoms with Gasteiger partial charge in [0, 0.05) is 11.6 Å². The molecule has 0 aliphatic carbocycles. The highest BCUT2D eigenvalue weighted by Crippen LogP contribution is 2.31. The summed E-state index contributed by atoms with van der Waals surface area (Å²) < 4.78 is 5.84. The zero-order valence-electron chi connectivity index (χ0n) is 12.5. The van der Waals surface area contributed by atoms with E-state index in [1.54, 1.807) is 0 Å². The molecule has 5 heteroatoms. The van der Waals surface area contributed by atoms with Gasteiger partial charge in [0.15, 0.2) is 0 Å². The molecule has 0 fully saturated rings. The van der Waals surface area contributed by atoms with Crippen LogP contribution in [0.25, 0.3) is 0 Å². The van der Waals surface area contributed by atoms with Crippen molar-refractivity contribution >= 4 is 17.5 Å². The minimum absolute atomic E-state index is 0.460. The summed E-state index contributed by atoms with van der Waals surface area (Å²) in [6.07, 6.45) is 1.51. The number of allylic oxidation sites excluding steroid dienone is 1. The Morgan fingerprint density at radius 3 is 2.57 bits per heavy atom. The molecular weight excluding hydrogens is 286 g/mol. The fraction of sp³-hybridized carbons (Fsp3) is 0.438. The van der Waals surface area contributed by atoms with Gasteiger partial charge < -0.3 is 16.2 Å². The minimum Gasteiger partial charge on any atom is -0.441 e. The van der Waals surface area contributed by atoms with Gasteiger partial charge in [-0.05, 0) is 44.4 Å². The maximum absolute atomic E-state index is 6.56. The molecule has 2 rings (SSSR count). The monoisotopic (exact) mass is 307 g/mol. The van der Waals surface area contributed by atoms with E-state index in [0.717, 1.165) is 17.7 Å². The van der Waals surface area contributed by atoms with Crippen LogP contribution in [-0.2, 0) is 0 Å². The van der Waals surface area contributed by atoms with E-state index in [1.165, 1.54) is 0 Å². The first kappa shape index (κ1) is 16.0. The molecule has 1 aliphatic heterocycles. The average molecular weight is 308 g/mol. The highest BCUT2D eigenvalue weighted by atomic mass is 35.5. The predicted octanol–water partition coefficient (Wildman–Crippen LogP) is 2.82. The lowest BCUT2D eigenvalue weighted by Crippen LogP contribution is -2.62. The average Bonchev–Trinajstić information content (AvgIpc) is 2.50. The molecule has 4 nitrogen and oxygen atoms in total. The lowest BCUT2D eigenvalue weighted by Gasteiger charge is -2.39. The summed E-state index contributed by atoms with van der Waals surface area (Å²) in [5, 5.41) is 0. The standard InChI is InChI=1S/C16H22ClN3O/c1-11-12(2)20-15(21-13-7-4-3-5-8-13)14(18)16(11,19)9-6-10-17/h3-5,7-8,14H,6,9-10,18-19H2,1-2H3. The van der Waals surface area contributed by atoms with Crippen molar-refractivity contribution in [2.45, 2.75) is 38.3 Å². The van der Waals surface area contributed by atoms with E-state index in [0.29, 0.717) is 23.9 Å². The first-order valence-electron chi connectivity index (χ1n) is 7.09. The van der Waals surface area contributed by atoms with Crippen LogP contribution >= 0.6 is 11.6 Å². The van der Waals surface area contributed by atoms with Crippen molar-refractivity contribution in [2.24, 2.45) is 16.5 Å². The first-order chi connectivity index (χ1) is 9.99. The molecule has 1 aliphatic rings. The van der Waals surface area contributed by atoms with Gasteiger partial charge in [-0.2, -0.15) is 0 Å². The molecule has 0 saturated carbocycles. The molecule has 2 atom stereocenters. The Hall–Kier alpha value is -1.36. The number of benzene rings is 1. The second-order valence-electron chi connectivity index (χ2n) is 5.39. The molecule has 1 aromatic carbocycles. The van der Waals surface area contributed by atoms with Gasteiger partial charge in [-0.25, -0.2) is 4.99 Å². The largest absolute Gasteiger partial charge is 0.441 e. The summed E-state index contributed by atoms with van der Waals surface area (Å²) in [6, 6.07) is 8.99.